The van der Waals surface area contributed by atoms with Gasteiger partial charge in [0, 0.05) is 18.6 Å². The first-order valence-corrected chi connectivity index (χ1v) is 12.2. The predicted octanol–water partition coefficient (Wildman–Crippen LogP) is 3.11. The average Bonchev–Trinajstić information content (AvgIpc) is 2.72. The Morgan fingerprint density at radius 2 is 1.78 bits per heavy atom. The summed E-state index contributed by atoms with van der Waals surface area (Å²) in [5, 5.41) is 2.98. The van der Waals surface area contributed by atoms with Crippen molar-refractivity contribution in [1.82, 2.24) is 10.2 Å². The number of carbonyl (C=O) groups excluding carboxylic acids is 2. The van der Waals surface area contributed by atoms with Gasteiger partial charge in [-0.25, -0.2) is 12.8 Å². The third kappa shape index (κ3) is 6.43. The standard InChI is InChI=1S/C22H27ClFN3O4S/c1-5-19(22(29)25-3)26(13-16-6-9-18(24)10-7-16)21(28)14-27(32(4,30)31)20-11-8-17(23)12-15(20)2/h6-12,19H,5,13-14H2,1-4H3,(H,25,29)/t19-/m0/s1. The molecule has 0 fully saturated rings. The van der Waals surface area contributed by atoms with Crippen LogP contribution < -0.4 is 9.62 Å². The van der Waals surface area contributed by atoms with Gasteiger partial charge in [0.2, 0.25) is 21.8 Å². The number of hydrogen-bond donors (Lipinski definition) is 1. The molecule has 0 saturated heterocycles. The highest BCUT2D eigenvalue weighted by Gasteiger charge is 2.31. The smallest absolute Gasteiger partial charge is 0.244 e. The zero-order valence-corrected chi connectivity index (χ0v) is 20.0. The molecule has 2 amide bonds. The highest BCUT2D eigenvalue weighted by molar-refractivity contribution is 7.92. The zero-order chi connectivity index (χ0) is 24.1. The Labute approximate surface area is 193 Å². The molecule has 0 aliphatic rings. The maximum absolute atomic E-state index is 13.4. The lowest BCUT2D eigenvalue weighted by Crippen LogP contribution is -2.51. The van der Waals surface area contributed by atoms with Crippen LogP contribution in [0.3, 0.4) is 0 Å². The van der Waals surface area contributed by atoms with E-state index in [2.05, 4.69) is 5.32 Å². The number of sulfonamides is 1. The average molecular weight is 484 g/mol. The van der Waals surface area contributed by atoms with Crippen molar-refractivity contribution in [2.24, 2.45) is 0 Å². The fourth-order valence-corrected chi connectivity index (χ4v) is 4.50. The minimum absolute atomic E-state index is 0.0161. The summed E-state index contributed by atoms with van der Waals surface area (Å²) >= 11 is 5.99. The summed E-state index contributed by atoms with van der Waals surface area (Å²) < 4.78 is 39.4. The second-order valence-electron chi connectivity index (χ2n) is 7.39. The summed E-state index contributed by atoms with van der Waals surface area (Å²) in [5.74, 6) is -1.37. The highest BCUT2D eigenvalue weighted by atomic mass is 35.5. The number of aryl methyl sites for hydroxylation is 1. The molecule has 0 bridgehead atoms. The number of anilines is 1. The van der Waals surface area contributed by atoms with E-state index in [0.717, 1.165) is 10.6 Å². The molecule has 0 saturated carbocycles. The zero-order valence-electron chi connectivity index (χ0n) is 18.4. The Balaban J connectivity index is 2.45. The lowest BCUT2D eigenvalue weighted by molar-refractivity contribution is -0.140. The van der Waals surface area contributed by atoms with Gasteiger partial charge >= 0.3 is 0 Å². The second-order valence-corrected chi connectivity index (χ2v) is 9.73. The molecule has 0 spiro atoms. The fourth-order valence-electron chi connectivity index (χ4n) is 3.37. The first kappa shape index (κ1) is 25.6. The van der Waals surface area contributed by atoms with Crippen molar-refractivity contribution >= 4 is 39.1 Å². The van der Waals surface area contributed by atoms with Gasteiger partial charge in [-0.1, -0.05) is 30.7 Å². The summed E-state index contributed by atoms with van der Waals surface area (Å²) in [6, 6.07) is 9.42. The molecule has 0 aliphatic heterocycles. The lowest BCUT2D eigenvalue weighted by Gasteiger charge is -2.33. The summed E-state index contributed by atoms with van der Waals surface area (Å²) in [7, 11) is -2.36. The molecule has 7 nitrogen and oxygen atoms in total. The van der Waals surface area contributed by atoms with E-state index < -0.39 is 34.3 Å². The summed E-state index contributed by atoms with van der Waals surface area (Å²) in [6.07, 6.45) is 1.32. The Kier molecular flexibility index (Phi) is 8.63. The van der Waals surface area contributed by atoms with Crippen LogP contribution in [0.15, 0.2) is 42.5 Å². The second kappa shape index (κ2) is 10.8. The molecule has 10 heteroatoms. The van der Waals surface area contributed by atoms with Crippen LogP contribution in [0, 0.1) is 12.7 Å². The molecule has 0 unspecified atom stereocenters. The van der Waals surface area contributed by atoms with Gasteiger partial charge in [-0.05, 0) is 54.8 Å². The molecule has 174 valence electrons. The highest BCUT2D eigenvalue weighted by Crippen LogP contribution is 2.26. The summed E-state index contributed by atoms with van der Waals surface area (Å²) in [6.45, 7) is 2.96. The topological polar surface area (TPSA) is 86.8 Å². The number of hydrogen-bond acceptors (Lipinski definition) is 4. The molecular formula is C22H27ClFN3O4S. The number of likely N-dealkylation sites (N-methyl/N-ethyl adjacent to an activating group) is 1. The number of benzene rings is 2. The molecule has 0 aromatic heterocycles. The van der Waals surface area contributed by atoms with Crippen molar-refractivity contribution in [2.75, 3.05) is 24.2 Å². The molecule has 32 heavy (non-hydrogen) atoms. The van der Waals surface area contributed by atoms with Crippen LogP contribution in [0.2, 0.25) is 5.02 Å². The van der Waals surface area contributed by atoms with Crippen LogP contribution in [0.1, 0.15) is 24.5 Å². The minimum atomic E-state index is -3.83. The molecule has 2 aromatic carbocycles. The molecule has 1 N–H and O–H groups in total. The van der Waals surface area contributed by atoms with Crippen molar-refractivity contribution < 1.29 is 22.4 Å². The maximum Gasteiger partial charge on any atom is 0.244 e. The minimum Gasteiger partial charge on any atom is -0.357 e. The van der Waals surface area contributed by atoms with E-state index in [1.165, 1.54) is 42.3 Å². The van der Waals surface area contributed by atoms with Crippen molar-refractivity contribution in [2.45, 2.75) is 32.9 Å². The van der Waals surface area contributed by atoms with Crippen LogP contribution in [0.4, 0.5) is 10.1 Å². The van der Waals surface area contributed by atoms with E-state index in [-0.39, 0.29) is 12.5 Å². The van der Waals surface area contributed by atoms with E-state index in [0.29, 0.717) is 28.3 Å². The van der Waals surface area contributed by atoms with Crippen molar-refractivity contribution in [3.8, 4) is 0 Å². The Hall–Kier alpha value is -2.65. The molecule has 2 aromatic rings. The third-order valence-electron chi connectivity index (χ3n) is 5.01. The van der Waals surface area contributed by atoms with E-state index in [4.69, 9.17) is 11.6 Å². The van der Waals surface area contributed by atoms with Gasteiger partial charge in [0.15, 0.2) is 0 Å². The number of halogens is 2. The Morgan fingerprint density at radius 1 is 1.16 bits per heavy atom. The maximum atomic E-state index is 13.4. The third-order valence-corrected chi connectivity index (χ3v) is 6.37. The number of amides is 2. The van der Waals surface area contributed by atoms with Crippen LogP contribution >= 0.6 is 11.6 Å². The monoisotopic (exact) mass is 483 g/mol. The van der Waals surface area contributed by atoms with Crippen LogP contribution in [-0.2, 0) is 26.2 Å². The number of nitrogens with one attached hydrogen (secondary N) is 1. The van der Waals surface area contributed by atoms with Gasteiger partial charge in [0.05, 0.1) is 11.9 Å². The number of rotatable bonds is 9. The molecule has 1 atom stereocenters. The number of carbonyl (C=O) groups is 2. The lowest BCUT2D eigenvalue weighted by atomic mass is 10.1. The first-order chi connectivity index (χ1) is 15.0. The summed E-state index contributed by atoms with van der Waals surface area (Å²) in [5.41, 5.74) is 1.51. The van der Waals surface area contributed by atoms with E-state index in [1.54, 1.807) is 26.0 Å². The molecule has 0 aliphatic carbocycles. The molecule has 2 rings (SSSR count). The van der Waals surface area contributed by atoms with E-state index >= 15 is 0 Å². The van der Waals surface area contributed by atoms with Gasteiger partial charge in [-0.3, -0.25) is 13.9 Å². The number of nitrogens with zero attached hydrogens (tertiary/aromatic N) is 2. The van der Waals surface area contributed by atoms with Crippen LogP contribution in [-0.4, -0.2) is 51.0 Å². The Bertz CT molecular complexity index is 1080. The fraction of sp³-hybridized carbons (Fsp3) is 0.364. The normalized spacial score (nSPS) is 12.2. The van der Waals surface area contributed by atoms with Crippen LogP contribution in [0.5, 0.6) is 0 Å². The van der Waals surface area contributed by atoms with Crippen molar-refractivity contribution in [3.63, 3.8) is 0 Å². The first-order valence-electron chi connectivity index (χ1n) is 9.97. The molecular weight excluding hydrogens is 457 g/mol. The SMILES string of the molecule is CC[C@@H](C(=O)NC)N(Cc1ccc(F)cc1)C(=O)CN(c1ccc(Cl)cc1C)S(C)(=O)=O. The van der Waals surface area contributed by atoms with E-state index in [9.17, 15) is 22.4 Å². The largest absolute Gasteiger partial charge is 0.357 e. The van der Waals surface area contributed by atoms with Gasteiger partial charge in [-0.2, -0.15) is 0 Å². The Morgan fingerprint density at radius 3 is 2.28 bits per heavy atom. The quantitative estimate of drug-likeness (QED) is 0.593. The van der Waals surface area contributed by atoms with Gasteiger partial charge in [0.25, 0.3) is 0 Å². The van der Waals surface area contributed by atoms with Crippen molar-refractivity contribution in [1.29, 1.82) is 0 Å². The molecule has 0 radical (unpaired) electrons. The van der Waals surface area contributed by atoms with Gasteiger partial charge < -0.3 is 10.2 Å². The summed E-state index contributed by atoms with van der Waals surface area (Å²) in [4.78, 5) is 27.2. The van der Waals surface area contributed by atoms with E-state index in [1.807, 2.05) is 0 Å². The van der Waals surface area contributed by atoms with Crippen molar-refractivity contribution in [3.05, 3.63) is 64.4 Å². The van der Waals surface area contributed by atoms with Crippen LogP contribution in [0.25, 0.3) is 0 Å². The molecule has 0 heterocycles. The van der Waals surface area contributed by atoms with Gasteiger partial charge in [-0.15, -0.1) is 0 Å². The van der Waals surface area contributed by atoms with Gasteiger partial charge in [0.1, 0.15) is 18.4 Å². The predicted molar refractivity (Wildman–Crippen MR) is 123 cm³/mol.